The maximum atomic E-state index is 11.6. The van der Waals surface area contributed by atoms with E-state index in [0.29, 0.717) is 18.1 Å². The Morgan fingerprint density at radius 3 is 2.61 bits per heavy atom. The quantitative estimate of drug-likeness (QED) is 0.802. The number of likely N-dealkylation sites (N-methyl/N-ethyl adjacent to an activating group) is 1. The Balaban J connectivity index is 2.44. The largest absolute Gasteiger partial charge is 0.480 e. The summed E-state index contributed by atoms with van der Waals surface area (Å²) in [5, 5.41) is 12.3. The Morgan fingerprint density at radius 2 is 2.11 bits per heavy atom. The fourth-order valence-corrected chi connectivity index (χ4v) is 1.30. The number of nitrogens with zero attached hydrogens (tertiary/aromatic N) is 3. The van der Waals surface area contributed by atoms with Crippen LogP contribution < -0.4 is 0 Å². The van der Waals surface area contributed by atoms with Gasteiger partial charge in [0.15, 0.2) is 5.82 Å². The second-order valence-electron chi connectivity index (χ2n) is 4.34. The molecule has 18 heavy (non-hydrogen) atoms. The number of amides is 1. The first-order valence-electron chi connectivity index (χ1n) is 5.68. The van der Waals surface area contributed by atoms with Crippen LogP contribution in [0.15, 0.2) is 4.52 Å². The highest BCUT2D eigenvalue weighted by atomic mass is 16.5. The number of carbonyl (C=O) groups is 2. The zero-order chi connectivity index (χ0) is 13.7. The van der Waals surface area contributed by atoms with Crippen molar-refractivity contribution < 1.29 is 19.2 Å². The van der Waals surface area contributed by atoms with Crippen molar-refractivity contribution >= 4 is 11.9 Å². The molecule has 1 rings (SSSR count). The van der Waals surface area contributed by atoms with Crippen molar-refractivity contribution in [2.75, 3.05) is 13.6 Å². The van der Waals surface area contributed by atoms with Crippen LogP contribution in [0.5, 0.6) is 0 Å². The van der Waals surface area contributed by atoms with Crippen LogP contribution in [0.2, 0.25) is 0 Å². The van der Waals surface area contributed by atoms with Gasteiger partial charge in [0.05, 0.1) is 0 Å². The molecule has 0 fully saturated rings. The molecular weight excluding hydrogens is 238 g/mol. The van der Waals surface area contributed by atoms with Crippen LogP contribution in [-0.2, 0) is 16.0 Å². The molecule has 1 aromatic rings. The summed E-state index contributed by atoms with van der Waals surface area (Å²) < 4.78 is 4.99. The van der Waals surface area contributed by atoms with Gasteiger partial charge in [-0.1, -0.05) is 19.0 Å². The lowest BCUT2D eigenvalue weighted by atomic mass is 10.2. The summed E-state index contributed by atoms with van der Waals surface area (Å²) in [6, 6.07) is 0. The number of hydrogen-bond acceptors (Lipinski definition) is 5. The Hall–Kier alpha value is -1.92. The minimum atomic E-state index is -1.04. The number of carboxylic acids is 1. The number of aromatic nitrogens is 2. The lowest BCUT2D eigenvalue weighted by molar-refractivity contribution is -0.143. The van der Waals surface area contributed by atoms with Gasteiger partial charge in [-0.05, 0) is 0 Å². The van der Waals surface area contributed by atoms with Crippen molar-refractivity contribution in [1.29, 1.82) is 0 Å². The minimum absolute atomic E-state index is 0.156. The van der Waals surface area contributed by atoms with Gasteiger partial charge in [0.25, 0.3) is 0 Å². The number of aryl methyl sites for hydroxylation is 1. The van der Waals surface area contributed by atoms with E-state index in [-0.39, 0.29) is 24.8 Å². The van der Waals surface area contributed by atoms with Gasteiger partial charge in [-0.15, -0.1) is 0 Å². The molecule has 0 aliphatic heterocycles. The van der Waals surface area contributed by atoms with E-state index in [2.05, 4.69) is 10.1 Å². The van der Waals surface area contributed by atoms with Crippen molar-refractivity contribution in [2.45, 2.75) is 32.6 Å². The number of rotatable bonds is 6. The first-order valence-corrected chi connectivity index (χ1v) is 5.68. The lowest BCUT2D eigenvalue weighted by Gasteiger charge is -2.13. The zero-order valence-electron chi connectivity index (χ0n) is 10.7. The minimum Gasteiger partial charge on any atom is -0.480 e. The highest BCUT2D eigenvalue weighted by molar-refractivity contribution is 5.81. The Morgan fingerprint density at radius 1 is 1.44 bits per heavy atom. The van der Waals surface area contributed by atoms with Gasteiger partial charge in [-0.3, -0.25) is 9.59 Å². The summed E-state index contributed by atoms with van der Waals surface area (Å²) in [5.74, 6) is -0.118. The van der Waals surface area contributed by atoms with Crippen molar-refractivity contribution in [2.24, 2.45) is 0 Å². The van der Waals surface area contributed by atoms with Gasteiger partial charge < -0.3 is 14.5 Å². The number of carbonyl (C=O) groups excluding carboxylic acids is 1. The van der Waals surface area contributed by atoms with E-state index in [1.807, 2.05) is 13.8 Å². The van der Waals surface area contributed by atoms with Gasteiger partial charge in [0, 0.05) is 25.8 Å². The highest BCUT2D eigenvalue weighted by Gasteiger charge is 2.15. The fraction of sp³-hybridized carbons (Fsp3) is 0.636. The number of aliphatic carboxylic acids is 1. The molecule has 0 spiro atoms. The summed E-state index contributed by atoms with van der Waals surface area (Å²) in [6.07, 6.45) is 0.478. The summed E-state index contributed by atoms with van der Waals surface area (Å²) in [4.78, 5) is 27.3. The SMILES string of the molecule is CC(C)c1noc(CCC(=O)N(C)CC(=O)O)n1. The number of hydrogen-bond donors (Lipinski definition) is 1. The summed E-state index contributed by atoms with van der Waals surface area (Å²) in [5.41, 5.74) is 0. The Kier molecular flexibility index (Phi) is 4.82. The van der Waals surface area contributed by atoms with Crippen molar-refractivity contribution in [3.8, 4) is 0 Å². The molecule has 0 saturated carbocycles. The second kappa shape index (κ2) is 6.13. The molecule has 1 N–H and O–H groups in total. The predicted molar refractivity (Wildman–Crippen MR) is 62.0 cm³/mol. The highest BCUT2D eigenvalue weighted by Crippen LogP contribution is 2.10. The van der Waals surface area contributed by atoms with Crippen LogP contribution in [0.4, 0.5) is 0 Å². The lowest BCUT2D eigenvalue weighted by Crippen LogP contribution is -2.32. The maximum absolute atomic E-state index is 11.6. The molecule has 7 heteroatoms. The molecule has 0 aliphatic carbocycles. The average Bonchev–Trinajstić information content (AvgIpc) is 2.73. The van der Waals surface area contributed by atoms with E-state index in [1.54, 1.807) is 0 Å². The maximum Gasteiger partial charge on any atom is 0.323 e. The third-order valence-corrected chi connectivity index (χ3v) is 2.35. The molecule has 1 aromatic heterocycles. The van der Waals surface area contributed by atoms with Gasteiger partial charge >= 0.3 is 5.97 Å². The molecule has 100 valence electrons. The molecule has 1 heterocycles. The molecule has 7 nitrogen and oxygen atoms in total. The van der Waals surface area contributed by atoms with E-state index < -0.39 is 5.97 Å². The van der Waals surface area contributed by atoms with Gasteiger partial charge in [-0.25, -0.2) is 0 Å². The molecule has 0 aliphatic rings. The van der Waals surface area contributed by atoms with Crippen molar-refractivity contribution in [3.05, 3.63) is 11.7 Å². The van der Waals surface area contributed by atoms with E-state index in [4.69, 9.17) is 9.63 Å². The van der Waals surface area contributed by atoms with Crippen LogP contribution >= 0.6 is 0 Å². The van der Waals surface area contributed by atoms with Crippen molar-refractivity contribution in [3.63, 3.8) is 0 Å². The van der Waals surface area contributed by atoms with E-state index in [1.165, 1.54) is 7.05 Å². The first-order chi connectivity index (χ1) is 8.40. The van der Waals surface area contributed by atoms with Crippen LogP contribution in [0, 0.1) is 0 Å². The normalized spacial score (nSPS) is 10.7. The molecule has 1 amide bonds. The second-order valence-corrected chi connectivity index (χ2v) is 4.34. The van der Waals surface area contributed by atoms with Gasteiger partial charge in [0.2, 0.25) is 11.8 Å². The Labute approximate surface area is 105 Å². The third kappa shape index (κ3) is 4.15. The van der Waals surface area contributed by atoms with Crippen LogP contribution in [0.1, 0.15) is 37.9 Å². The first kappa shape index (κ1) is 14.1. The molecule has 0 aromatic carbocycles. The zero-order valence-corrected chi connectivity index (χ0v) is 10.7. The average molecular weight is 255 g/mol. The van der Waals surface area contributed by atoms with E-state index in [9.17, 15) is 9.59 Å². The number of carboxylic acid groups (broad SMARTS) is 1. The molecular formula is C11H17N3O4. The van der Waals surface area contributed by atoms with Gasteiger partial charge in [-0.2, -0.15) is 4.98 Å². The smallest absolute Gasteiger partial charge is 0.323 e. The van der Waals surface area contributed by atoms with E-state index in [0.717, 1.165) is 4.90 Å². The summed E-state index contributed by atoms with van der Waals surface area (Å²) in [6.45, 7) is 3.58. The molecule has 0 atom stereocenters. The molecule has 0 bridgehead atoms. The standard InChI is InChI=1S/C11H17N3O4/c1-7(2)11-12-8(18-13-11)4-5-9(15)14(3)6-10(16)17/h7H,4-6H2,1-3H3,(H,16,17). The molecule has 0 radical (unpaired) electrons. The Bertz CT molecular complexity index is 428. The summed E-state index contributed by atoms with van der Waals surface area (Å²) in [7, 11) is 1.45. The van der Waals surface area contributed by atoms with Crippen molar-refractivity contribution in [1.82, 2.24) is 15.0 Å². The predicted octanol–water partition coefficient (Wildman–Crippen LogP) is 0.669. The monoisotopic (exact) mass is 255 g/mol. The van der Waals surface area contributed by atoms with Crippen LogP contribution in [-0.4, -0.2) is 45.6 Å². The van der Waals surface area contributed by atoms with Crippen LogP contribution in [0.25, 0.3) is 0 Å². The van der Waals surface area contributed by atoms with Gasteiger partial charge in [0.1, 0.15) is 6.54 Å². The van der Waals surface area contributed by atoms with E-state index >= 15 is 0 Å². The third-order valence-electron chi connectivity index (χ3n) is 2.35. The fourth-order valence-electron chi connectivity index (χ4n) is 1.30. The molecule has 0 saturated heterocycles. The topological polar surface area (TPSA) is 96.5 Å². The summed E-state index contributed by atoms with van der Waals surface area (Å²) >= 11 is 0. The molecule has 0 unspecified atom stereocenters. The van der Waals surface area contributed by atoms with Crippen LogP contribution in [0.3, 0.4) is 0 Å².